The van der Waals surface area contributed by atoms with Gasteiger partial charge in [0.05, 0.1) is 23.7 Å². The largest absolute Gasteiger partial charge is 0.462 e. The van der Waals surface area contributed by atoms with Crippen molar-refractivity contribution in [1.82, 2.24) is 10.0 Å². The van der Waals surface area contributed by atoms with E-state index in [0.29, 0.717) is 13.2 Å². The number of benzene rings is 1. The van der Waals surface area contributed by atoms with Crippen LogP contribution in [0.25, 0.3) is 0 Å². The Balaban J connectivity index is 2.13. The van der Waals surface area contributed by atoms with Gasteiger partial charge in [-0.25, -0.2) is 17.9 Å². The lowest BCUT2D eigenvalue weighted by molar-refractivity contribution is 0.0526. The topological polar surface area (TPSA) is 93.7 Å². The number of nitrogens with one attached hydrogen (secondary N) is 2. The molecular formula is C17H26N2O5S. The third kappa shape index (κ3) is 5.24. The monoisotopic (exact) mass is 370 g/mol. The summed E-state index contributed by atoms with van der Waals surface area (Å²) in [6.07, 6.45) is 1.68. The van der Waals surface area contributed by atoms with E-state index in [1.807, 2.05) is 0 Å². The van der Waals surface area contributed by atoms with Crippen molar-refractivity contribution in [2.75, 3.05) is 40.0 Å². The van der Waals surface area contributed by atoms with Crippen LogP contribution in [0.2, 0.25) is 0 Å². The lowest BCUT2D eigenvalue weighted by Gasteiger charge is -2.37. The number of esters is 1. The second-order valence-corrected chi connectivity index (χ2v) is 8.02. The Morgan fingerprint density at radius 3 is 2.68 bits per heavy atom. The Bertz CT molecular complexity index is 679. The van der Waals surface area contributed by atoms with E-state index in [1.54, 1.807) is 14.0 Å². The maximum atomic E-state index is 12.6. The van der Waals surface area contributed by atoms with Crippen molar-refractivity contribution in [3.8, 4) is 0 Å². The molecule has 1 fully saturated rings. The fourth-order valence-corrected chi connectivity index (χ4v) is 4.17. The lowest BCUT2D eigenvalue weighted by atomic mass is 9.80. The number of sulfonamides is 1. The highest BCUT2D eigenvalue weighted by Gasteiger charge is 2.33. The van der Waals surface area contributed by atoms with Crippen LogP contribution < -0.4 is 10.0 Å². The van der Waals surface area contributed by atoms with Crippen LogP contribution in [-0.4, -0.2) is 54.3 Å². The van der Waals surface area contributed by atoms with Gasteiger partial charge in [0, 0.05) is 19.1 Å². The predicted molar refractivity (Wildman–Crippen MR) is 94.0 cm³/mol. The number of methoxy groups -OCH3 is 1. The van der Waals surface area contributed by atoms with Gasteiger partial charge in [-0.15, -0.1) is 0 Å². The molecule has 2 rings (SSSR count). The van der Waals surface area contributed by atoms with Crippen LogP contribution in [0.5, 0.6) is 0 Å². The minimum atomic E-state index is -3.72. The number of carbonyl (C=O) groups is 1. The second-order valence-electron chi connectivity index (χ2n) is 6.26. The van der Waals surface area contributed by atoms with E-state index in [2.05, 4.69) is 10.0 Å². The molecule has 0 spiro atoms. The molecule has 8 heteroatoms. The van der Waals surface area contributed by atoms with Crippen molar-refractivity contribution in [3.63, 3.8) is 0 Å². The number of hydrogen-bond acceptors (Lipinski definition) is 6. The Hall–Kier alpha value is -1.48. The first kappa shape index (κ1) is 19.8. The Kier molecular flexibility index (Phi) is 6.95. The Morgan fingerprint density at radius 2 is 2.04 bits per heavy atom. The van der Waals surface area contributed by atoms with Crippen molar-refractivity contribution in [3.05, 3.63) is 29.8 Å². The van der Waals surface area contributed by atoms with E-state index in [4.69, 9.17) is 9.47 Å². The first-order valence-corrected chi connectivity index (χ1v) is 9.87. The minimum absolute atomic E-state index is 0.0551. The average molecular weight is 370 g/mol. The number of hydrogen-bond donors (Lipinski definition) is 2. The standard InChI is InChI=1S/C17H26N2O5S/c1-3-24-16(20)14-5-4-6-15(11-14)25(21,22)19-12-17(13-23-2)7-9-18-10-8-17/h4-6,11,18-19H,3,7-10,12-13H2,1-2H3. The summed E-state index contributed by atoms with van der Waals surface area (Å²) in [6.45, 7) is 4.41. The van der Waals surface area contributed by atoms with Crippen molar-refractivity contribution < 1.29 is 22.7 Å². The van der Waals surface area contributed by atoms with Gasteiger partial charge in [0.1, 0.15) is 0 Å². The van der Waals surface area contributed by atoms with Crippen molar-refractivity contribution in [2.45, 2.75) is 24.7 Å². The highest BCUT2D eigenvalue weighted by Crippen LogP contribution is 2.29. The van der Waals surface area contributed by atoms with Gasteiger partial charge in [0.15, 0.2) is 0 Å². The summed E-state index contributed by atoms with van der Waals surface area (Å²) in [4.78, 5) is 11.9. The predicted octanol–water partition coefficient (Wildman–Crippen LogP) is 1.16. The molecule has 0 aliphatic carbocycles. The molecular weight excluding hydrogens is 344 g/mol. The molecule has 1 aliphatic heterocycles. The van der Waals surface area contributed by atoms with Gasteiger partial charge in [-0.05, 0) is 51.1 Å². The molecule has 1 aromatic rings. The molecule has 25 heavy (non-hydrogen) atoms. The van der Waals surface area contributed by atoms with Crippen molar-refractivity contribution in [2.24, 2.45) is 5.41 Å². The SMILES string of the molecule is CCOC(=O)c1cccc(S(=O)(=O)NCC2(COC)CCNCC2)c1. The van der Waals surface area contributed by atoms with Gasteiger partial charge >= 0.3 is 5.97 Å². The van der Waals surface area contributed by atoms with E-state index in [1.165, 1.54) is 24.3 Å². The van der Waals surface area contributed by atoms with Gasteiger partial charge in [0.25, 0.3) is 0 Å². The van der Waals surface area contributed by atoms with Crippen molar-refractivity contribution in [1.29, 1.82) is 0 Å². The van der Waals surface area contributed by atoms with Gasteiger partial charge in [-0.2, -0.15) is 0 Å². The quantitative estimate of drug-likeness (QED) is 0.667. The molecule has 7 nitrogen and oxygen atoms in total. The van der Waals surface area contributed by atoms with E-state index < -0.39 is 16.0 Å². The van der Waals surface area contributed by atoms with Gasteiger partial charge < -0.3 is 14.8 Å². The zero-order chi connectivity index (χ0) is 18.3. The van der Waals surface area contributed by atoms with E-state index in [-0.39, 0.29) is 22.5 Å². The van der Waals surface area contributed by atoms with Crippen LogP contribution >= 0.6 is 0 Å². The Labute approximate surface area is 149 Å². The molecule has 0 radical (unpaired) electrons. The molecule has 0 aromatic heterocycles. The van der Waals surface area contributed by atoms with E-state index >= 15 is 0 Å². The fraction of sp³-hybridized carbons (Fsp3) is 0.588. The summed E-state index contributed by atoms with van der Waals surface area (Å²) in [5, 5.41) is 3.27. The number of piperidine rings is 1. The summed E-state index contributed by atoms with van der Waals surface area (Å²) < 4.78 is 38.2. The molecule has 1 aromatic carbocycles. The fourth-order valence-electron chi connectivity index (χ4n) is 2.97. The van der Waals surface area contributed by atoms with Crippen LogP contribution in [0.3, 0.4) is 0 Å². The second kappa shape index (κ2) is 8.75. The molecule has 0 amide bonds. The number of rotatable bonds is 8. The maximum Gasteiger partial charge on any atom is 0.338 e. The number of ether oxygens (including phenoxy) is 2. The van der Waals surface area contributed by atoms with Gasteiger partial charge in [-0.3, -0.25) is 0 Å². The molecule has 0 bridgehead atoms. The lowest BCUT2D eigenvalue weighted by Crippen LogP contribution is -2.47. The molecule has 1 aliphatic rings. The Morgan fingerprint density at radius 1 is 1.32 bits per heavy atom. The molecule has 0 unspecified atom stereocenters. The summed E-state index contributed by atoms with van der Waals surface area (Å²) in [5.74, 6) is -0.534. The summed E-state index contributed by atoms with van der Waals surface area (Å²) in [6, 6.07) is 5.88. The zero-order valence-electron chi connectivity index (χ0n) is 14.7. The average Bonchev–Trinajstić information content (AvgIpc) is 2.62. The normalized spacial score (nSPS) is 17.2. The third-order valence-corrected chi connectivity index (χ3v) is 5.81. The number of carbonyl (C=O) groups excluding carboxylic acids is 1. The smallest absolute Gasteiger partial charge is 0.338 e. The van der Waals surface area contributed by atoms with Gasteiger partial charge in [0.2, 0.25) is 10.0 Å². The van der Waals surface area contributed by atoms with E-state index in [9.17, 15) is 13.2 Å². The zero-order valence-corrected chi connectivity index (χ0v) is 15.5. The first-order valence-electron chi connectivity index (χ1n) is 8.39. The molecule has 0 atom stereocenters. The third-order valence-electron chi connectivity index (χ3n) is 4.41. The van der Waals surface area contributed by atoms with Crippen molar-refractivity contribution >= 4 is 16.0 Å². The highest BCUT2D eigenvalue weighted by molar-refractivity contribution is 7.89. The summed E-state index contributed by atoms with van der Waals surface area (Å²) in [5.41, 5.74) is 0.00411. The van der Waals surface area contributed by atoms with Crippen LogP contribution in [0.4, 0.5) is 0 Å². The molecule has 2 N–H and O–H groups in total. The molecule has 1 heterocycles. The molecule has 140 valence electrons. The first-order chi connectivity index (χ1) is 11.9. The van der Waals surface area contributed by atoms with E-state index in [0.717, 1.165) is 25.9 Å². The van der Waals surface area contributed by atoms with Gasteiger partial charge in [-0.1, -0.05) is 6.07 Å². The van der Waals surface area contributed by atoms with Crippen LogP contribution in [-0.2, 0) is 19.5 Å². The highest BCUT2D eigenvalue weighted by atomic mass is 32.2. The summed E-state index contributed by atoms with van der Waals surface area (Å²) in [7, 11) is -2.09. The van der Waals surface area contributed by atoms with Crippen LogP contribution in [0, 0.1) is 5.41 Å². The minimum Gasteiger partial charge on any atom is -0.462 e. The molecule has 1 saturated heterocycles. The maximum absolute atomic E-state index is 12.6. The van der Waals surface area contributed by atoms with Crippen LogP contribution in [0.15, 0.2) is 29.2 Å². The molecule has 0 saturated carbocycles. The summed E-state index contributed by atoms with van der Waals surface area (Å²) >= 11 is 0. The van der Waals surface area contributed by atoms with Crippen LogP contribution in [0.1, 0.15) is 30.1 Å².